The van der Waals surface area contributed by atoms with Crippen molar-refractivity contribution < 1.29 is 4.79 Å². The van der Waals surface area contributed by atoms with E-state index in [1.54, 1.807) is 6.33 Å². The summed E-state index contributed by atoms with van der Waals surface area (Å²) in [7, 11) is 0. The standard InChI is InChI=1S/C24H25N5O/c1-2-21(18-8-7-16-5-3-4-6-17(16)11-18)29-24(30)19(13-25)14-26-20-9-10-22-23(12-20)28-15-27-22/h7-12,14-15,21,26H,2-6H2,1H3,(H,27,28)(H,29,30)/b19-14-. The third-order valence-electron chi connectivity index (χ3n) is 5.66. The average Bonchev–Trinajstić information content (AvgIpc) is 3.25. The van der Waals surface area contributed by atoms with Crippen LogP contribution in [0.2, 0.25) is 0 Å². The van der Waals surface area contributed by atoms with Crippen molar-refractivity contribution in [2.24, 2.45) is 0 Å². The van der Waals surface area contributed by atoms with Gasteiger partial charge in [0.25, 0.3) is 5.91 Å². The molecule has 1 aliphatic rings. The highest BCUT2D eigenvalue weighted by molar-refractivity contribution is 5.97. The van der Waals surface area contributed by atoms with Gasteiger partial charge in [0, 0.05) is 11.9 Å². The fourth-order valence-electron chi connectivity index (χ4n) is 3.96. The Hall–Kier alpha value is -3.59. The van der Waals surface area contributed by atoms with Crippen LogP contribution in [0, 0.1) is 11.3 Å². The van der Waals surface area contributed by atoms with Gasteiger partial charge < -0.3 is 15.6 Å². The molecule has 0 fully saturated rings. The zero-order valence-electron chi connectivity index (χ0n) is 17.0. The van der Waals surface area contributed by atoms with E-state index >= 15 is 0 Å². The number of nitriles is 1. The Morgan fingerprint density at radius 3 is 2.87 bits per heavy atom. The first-order chi connectivity index (χ1) is 14.7. The van der Waals surface area contributed by atoms with Crippen molar-refractivity contribution in [2.75, 3.05) is 5.32 Å². The van der Waals surface area contributed by atoms with Crippen LogP contribution in [-0.4, -0.2) is 15.9 Å². The number of aryl methyl sites for hydroxylation is 2. The SMILES string of the molecule is CCC(NC(=O)/C(C#N)=C\Nc1ccc2nc[nH]c2c1)c1ccc2c(c1)CCCC2. The molecule has 0 saturated carbocycles. The predicted octanol–water partition coefficient (Wildman–Crippen LogP) is 4.53. The Balaban J connectivity index is 1.47. The topological polar surface area (TPSA) is 93.6 Å². The highest BCUT2D eigenvalue weighted by Crippen LogP contribution is 2.26. The van der Waals surface area contributed by atoms with Gasteiger partial charge in [-0.2, -0.15) is 5.26 Å². The minimum Gasteiger partial charge on any atom is -0.360 e. The van der Waals surface area contributed by atoms with Crippen LogP contribution in [0.1, 0.15) is 48.9 Å². The van der Waals surface area contributed by atoms with Crippen LogP contribution < -0.4 is 10.6 Å². The molecule has 0 saturated heterocycles. The second-order valence-corrected chi connectivity index (χ2v) is 7.62. The number of carbonyl (C=O) groups excluding carboxylic acids is 1. The number of hydrogen-bond donors (Lipinski definition) is 3. The van der Waals surface area contributed by atoms with Gasteiger partial charge >= 0.3 is 0 Å². The van der Waals surface area contributed by atoms with Gasteiger partial charge in [0.15, 0.2) is 0 Å². The lowest BCUT2D eigenvalue weighted by Gasteiger charge is -2.21. The Morgan fingerprint density at radius 1 is 1.23 bits per heavy atom. The molecule has 30 heavy (non-hydrogen) atoms. The van der Waals surface area contributed by atoms with Gasteiger partial charge in [-0.1, -0.05) is 25.1 Å². The molecule has 0 spiro atoms. The van der Waals surface area contributed by atoms with Crippen molar-refractivity contribution in [3.05, 3.63) is 71.2 Å². The molecule has 0 radical (unpaired) electrons. The molecule has 0 bridgehead atoms. The average molecular weight is 399 g/mol. The predicted molar refractivity (Wildman–Crippen MR) is 118 cm³/mol. The van der Waals surface area contributed by atoms with Gasteiger partial charge in [-0.15, -0.1) is 0 Å². The third kappa shape index (κ3) is 4.20. The number of amides is 1. The molecule has 4 rings (SSSR count). The molecule has 1 heterocycles. The van der Waals surface area contributed by atoms with Gasteiger partial charge in [-0.25, -0.2) is 4.98 Å². The van der Waals surface area contributed by atoms with E-state index in [2.05, 4.69) is 38.8 Å². The second kappa shape index (κ2) is 8.83. The van der Waals surface area contributed by atoms with E-state index in [1.165, 1.54) is 30.2 Å². The molecule has 3 N–H and O–H groups in total. The molecule has 0 aliphatic heterocycles. The van der Waals surface area contributed by atoms with Crippen molar-refractivity contribution in [2.45, 2.75) is 45.1 Å². The Labute approximate surface area is 176 Å². The summed E-state index contributed by atoms with van der Waals surface area (Å²) in [4.78, 5) is 20.0. The highest BCUT2D eigenvalue weighted by Gasteiger charge is 2.18. The largest absolute Gasteiger partial charge is 0.360 e. The molecule has 1 unspecified atom stereocenters. The number of benzene rings is 2. The summed E-state index contributed by atoms with van der Waals surface area (Å²) in [5, 5.41) is 15.5. The van der Waals surface area contributed by atoms with Crippen molar-refractivity contribution in [1.82, 2.24) is 15.3 Å². The maximum Gasteiger partial charge on any atom is 0.263 e. The number of nitrogens with one attached hydrogen (secondary N) is 3. The molecular formula is C24H25N5O. The van der Waals surface area contributed by atoms with Crippen LogP contribution in [0.3, 0.4) is 0 Å². The van der Waals surface area contributed by atoms with Crippen LogP contribution in [0.5, 0.6) is 0 Å². The summed E-state index contributed by atoms with van der Waals surface area (Å²) < 4.78 is 0. The number of H-pyrrole nitrogens is 1. The monoisotopic (exact) mass is 399 g/mol. The van der Waals surface area contributed by atoms with Gasteiger partial charge in [-0.05, 0) is 67.0 Å². The number of fused-ring (bicyclic) bond motifs is 2. The lowest BCUT2D eigenvalue weighted by molar-refractivity contribution is -0.117. The minimum atomic E-state index is -0.378. The van der Waals surface area contributed by atoms with Crippen molar-refractivity contribution in [3.8, 4) is 6.07 Å². The number of nitrogens with zero attached hydrogens (tertiary/aromatic N) is 2. The van der Waals surface area contributed by atoms with Gasteiger partial charge in [-0.3, -0.25) is 4.79 Å². The van der Waals surface area contributed by atoms with E-state index in [-0.39, 0.29) is 17.5 Å². The zero-order chi connectivity index (χ0) is 20.9. The smallest absolute Gasteiger partial charge is 0.263 e. The van der Waals surface area contributed by atoms with Gasteiger partial charge in [0.1, 0.15) is 11.6 Å². The van der Waals surface area contributed by atoms with Crippen LogP contribution in [-0.2, 0) is 17.6 Å². The summed E-state index contributed by atoms with van der Waals surface area (Å²) >= 11 is 0. The number of hydrogen-bond acceptors (Lipinski definition) is 4. The lowest BCUT2D eigenvalue weighted by Crippen LogP contribution is -2.29. The molecular weight excluding hydrogens is 374 g/mol. The quantitative estimate of drug-likeness (QED) is 0.419. The number of anilines is 1. The van der Waals surface area contributed by atoms with Gasteiger partial charge in [0.05, 0.1) is 23.4 Å². The second-order valence-electron chi connectivity index (χ2n) is 7.62. The minimum absolute atomic E-state index is 0.0381. The Morgan fingerprint density at radius 2 is 2.07 bits per heavy atom. The summed E-state index contributed by atoms with van der Waals surface area (Å²) in [6.45, 7) is 2.04. The lowest BCUT2D eigenvalue weighted by atomic mass is 9.88. The number of rotatable bonds is 6. The number of aromatic nitrogens is 2. The molecule has 1 aliphatic carbocycles. The van der Waals surface area contributed by atoms with Crippen LogP contribution >= 0.6 is 0 Å². The van der Waals surface area contributed by atoms with E-state index in [1.807, 2.05) is 31.2 Å². The zero-order valence-corrected chi connectivity index (χ0v) is 17.0. The highest BCUT2D eigenvalue weighted by atomic mass is 16.1. The third-order valence-corrected chi connectivity index (χ3v) is 5.66. The molecule has 2 aromatic carbocycles. The number of carbonyl (C=O) groups is 1. The molecule has 6 nitrogen and oxygen atoms in total. The molecule has 1 atom stereocenters. The molecule has 6 heteroatoms. The fourth-order valence-corrected chi connectivity index (χ4v) is 3.96. The normalized spacial score (nSPS) is 14.6. The van der Waals surface area contributed by atoms with Crippen molar-refractivity contribution in [1.29, 1.82) is 5.26 Å². The molecule has 3 aromatic rings. The molecule has 1 aromatic heterocycles. The first kappa shape index (κ1) is 19.7. The maximum absolute atomic E-state index is 12.7. The van der Waals surface area contributed by atoms with E-state index in [0.29, 0.717) is 0 Å². The van der Waals surface area contributed by atoms with E-state index < -0.39 is 0 Å². The number of imidazole rings is 1. The summed E-state index contributed by atoms with van der Waals surface area (Å²) in [5.41, 5.74) is 6.46. The summed E-state index contributed by atoms with van der Waals surface area (Å²) in [6.07, 6.45) is 8.54. The Kier molecular flexibility index (Phi) is 5.80. The van der Waals surface area contributed by atoms with Gasteiger partial charge in [0.2, 0.25) is 0 Å². The molecule has 152 valence electrons. The molecule has 1 amide bonds. The first-order valence-corrected chi connectivity index (χ1v) is 10.4. The summed E-state index contributed by atoms with van der Waals surface area (Å²) in [6, 6.07) is 14.0. The van der Waals surface area contributed by atoms with Crippen molar-refractivity contribution in [3.63, 3.8) is 0 Å². The maximum atomic E-state index is 12.7. The van der Waals surface area contributed by atoms with E-state index in [9.17, 15) is 10.1 Å². The van der Waals surface area contributed by atoms with Crippen LogP contribution in [0.25, 0.3) is 11.0 Å². The van der Waals surface area contributed by atoms with Crippen LogP contribution in [0.4, 0.5) is 5.69 Å². The van der Waals surface area contributed by atoms with E-state index in [4.69, 9.17) is 0 Å². The summed E-state index contributed by atoms with van der Waals surface area (Å²) in [5.74, 6) is -0.378. The Bertz CT molecular complexity index is 1140. The fraction of sp³-hybridized carbons (Fsp3) is 0.292. The van der Waals surface area contributed by atoms with E-state index in [0.717, 1.165) is 41.5 Å². The first-order valence-electron chi connectivity index (χ1n) is 10.4. The number of aromatic amines is 1. The van der Waals surface area contributed by atoms with Crippen molar-refractivity contribution >= 4 is 22.6 Å². The van der Waals surface area contributed by atoms with Crippen LogP contribution in [0.15, 0.2) is 54.5 Å².